The van der Waals surface area contributed by atoms with Crippen molar-refractivity contribution in [2.45, 2.75) is 13.5 Å². The van der Waals surface area contributed by atoms with Gasteiger partial charge >= 0.3 is 0 Å². The van der Waals surface area contributed by atoms with Crippen molar-refractivity contribution in [3.63, 3.8) is 0 Å². The summed E-state index contributed by atoms with van der Waals surface area (Å²) in [5.41, 5.74) is 2.85. The molecule has 0 unspecified atom stereocenters. The van der Waals surface area contributed by atoms with Gasteiger partial charge in [0.1, 0.15) is 5.56 Å². The first-order chi connectivity index (χ1) is 11.5. The molecule has 0 saturated heterocycles. The van der Waals surface area contributed by atoms with Crippen LogP contribution in [0.15, 0.2) is 53.7 Å². The third kappa shape index (κ3) is 2.69. The maximum absolute atomic E-state index is 12.7. The quantitative estimate of drug-likeness (QED) is 0.745. The Labute approximate surface area is 140 Å². The Kier molecular flexibility index (Phi) is 4.16. The van der Waals surface area contributed by atoms with E-state index in [1.54, 1.807) is 38.8 Å². The number of rotatable bonds is 3. The first kappa shape index (κ1) is 15.9. The van der Waals surface area contributed by atoms with Crippen LogP contribution in [0.1, 0.15) is 17.3 Å². The summed E-state index contributed by atoms with van der Waals surface area (Å²) < 4.78 is 1.94. The van der Waals surface area contributed by atoms with E-state index in [0.29, 0.717) is 11.9 Å². The molecule has 1 amide bonds. The van der Waals surface area contributed by atoms with Crippen LogP contribution in [0.3, 0.4) is 0 Å². The second kappa shape index (κ2) is 6.28. The lowest BCUT2D eigenvalue weighted by atomic mass is 10.0. The molecular formula is C19H19N3O2. The number of hydrogen-bond donors (Lipinski definition) is 0. The van der Waals surface area contributed by atoms with Crippen molar-refractivity contribution in [1.29, 1.82) is 0 Å². The molecule has 0 fully saturated rings. The number of fused-ring (bicyclic) bond motifs is 1. The normalized spacial score (nSPS) is 10.8. The van der Waals surface area contributed by atoms with Crippen LogP contribution < -0.4 is 5.43 Å². The third-order valence-corrected chi connectivity index (χ3v) is 4.07. The van der Waals surface area contributed by atoms with Gasteiger partial charge in [0, 0.05) is 44.6 Å². The second-order valence-electron chi connectivity index (χ2n) is 5.83. The molecule has 5 nitrogen and oxygen atoms in total. The van der Waals surface area contributed by atoms with E-state index in [1.807, 2.05) is 35.8 Å². The van der Waals surface area contributed by atoms with Gasteiger partial charge in [-0.1, -0.05) is 6.07 Å². The van der Waals surface area contributed by atoms with Crippen molar-refractivity contribution in [3.8, 4) is 11.1 Å². The molecule has 3 aromatic rings. The number of hydrogen-bond acceptors (Lipinski definition) is 3. The van der Waals surface area contributed by atoms with Gasteiger partial charge in [0.05, 0.1) is 5.52 Å². The minimum absolute atomic E-state index is 0.200. The monoisotopic (exact) mass is 321 g/mol. The third-order valence-electron chi connectivity index (χ3n) is 4.07. The minimum Gasteiger partial charge on any atom is -0.347 e. The molecule has 0 aliphatic carbocycles. The molecular weight excluding hydrogens is 302 g/mol. The van der Waals surface area contributed by atoms with Crippen molar-refractivity contribution in [2.75, 3.05) is 14.1 Å². The molecule has 0 aliphatic heterocycles. The molecule has 2 aromatic heterocycles. The zero-order valence-electron chi connectivity index (χ0n) is 14.0. The van der Waals surface area contributed by atoms with Gasteiger partial charge in [0.2, 0.25) is 5.43 Å². The van der Waals surface area contributed by atoms with Crippen LogP contribution in [0.5, 0.6) is 0 Å². The zero-order valence-corrected chi connectivity index (χ0v) is 14.0. The van der Waals surface area contributed by atoms with E-state index in [0.717, 1.165) is 16.6 Å². The smallest absolute Gasteiger partial charge is 0.258 e. The standard InChI is InChI=1S/C19H19N3O2/c1-4-22-12-16(19(24)21(2)3)18(23)15-6-5-14(11-17(15)22)13-7-9-20-10-8-13/h5-12H,4H2,1-3H3. The summed E-state index contributed by atoms with van der Waals surface area (Å²) in [6.07, 6.45) is 5.14. The highest BCUT2D eigenvalue weighted by Crippen LogP contribution is 2.23. The molecule has 3 rings (SSSR count). The van der Waals surface area contributed by atoms with Crippen LogP contribution in [0.2, 0.25) is 0 Å². The summed E-state index contributed by atoms with van der Waals surface area (Å²) in [5.74, 6) is -0.276. The molecule has 0 aliphatic rings. The summed E-state index contributed by atoms with van der Waals surface area (Å²) in [6, 6.07) is 9.55. The summed E-state index contributed by atoms with van der Waals surface area (Å²) in [4.78, 5) is 30.4. The average molecular weight is 321 g/mol. The first-order valence-corrected chi connectivity index (χ1v) is 7.82. The highest BCUT2D eigenvalue weighted by molar-refractivity contribution is 5.97. The van der Waals surface area contributed by atoms with Crippen LogP contribution in [-0.2, 0) is 6.54 Å². The lowest BCUT2D eigenvalue weighted by Crippen LogP contribution is -2.28. The molecule has 0 spiro atoms. The average Bonchev–Trinajstić information content (AvgIpc) is 2.62. The Bertz CT molecular complexity index is 960. The fourth-order valence-electron chi connectivity index (χ4n) is 2.77. The second-order valence-corrected chi connectivity index (χ2v) is 5.83. The molecule has 0 radical (unpaired) electrons. The summed E-state index contributed by atoms with van der Waals surface area (Å²) in [5, 5.41) is 0.558. The van der Waals surface area contributed by atoms with Crippen molar-refractivity contribution >= 4 is 16.8 Å². The molecule has 24 heavy (non-hydrogen) atoms. The topological polar surface area (TPSA) is 55.2 Å². The van der Waals surface area contributed by atoms with E-state index in [9.17, 15) is 9.59 Å². The van der Waals surface area contributed by atoms with Crippen LogP contribution in [-0.4, -0.2) is 34.5 Å². The molecule has 0 atom stereocenters. The van der Waals surface area contributed by atoms with E-state index in [4.69, 9.17) is 0 Å². The molecule has 0 saturated carbocycles. The van der Waals surface area contributed by atoms with E-state index >= 15 is 0 Å². The van der Waals surface area contributed by atoms with Gasteiger partial charge < -0.3 is 9.47 Å². The number of pyridine rings is 2. The number of aryl methyl sites for hydroxylation is 1. The SMILES string of the molecule is CCn1cc(C(=O)N(C)C)c(=O)c2ccc(-c3ccncc3)cc21. The van der Waals surface area contributed by atoms with Gasteiger partial charge in [-0.3, -0.25) is 14.6 Å². The molecule has 122 valence electrons. The molecule has 0 bridgehead atoms. The van der Waals surface area contributed by atoms with Crippen LogP contribution in [0.25, 0.3) is 22.0 Å². The predicted molar refractivity (Wildman–Crippen MR) is 95.1 cm³/mol. The maximum Gasteiger partial charge on any atom is 0.258 e. The number of carbonyl (C=O) groups is 1. The van der Waals surface area contributed by atoms with Crippen LogP contribution >= 0.6 is 0 Å². The first-order valence-electron chi connectivity index (χ1n) is 7.82. The summed E-state index contributed by atoms with van der Waals surface area (Å²) in [7, 11) is 3.30. The Balaban J connectivity index is 2.26. The number of carbonyl (C=O) groups excluding carboxylic acids is 1. The Morgan fingerprint density at radius 3 is 2.46 bits per heavy atom. The van der Waals surface area contributed by atoms with E-state index in [-0.39, 0.29) is 16.9 Å². The van der Waals surface area contributed by atoms with Gasteiger partial charge in [-0.2, -0.15) is 0 Å². The summed E-state index contributed by atoms with van der Waals surface area (Å²) in [6.45, 7) is 2.66. The van der Waals surface area contributed by atoms with Gasteiger partial charge in [0.25, 0.3) is 5.91 Å². The Morgan fingerprint density at radius 2 is 1.83 bits per heavy atom. The molecule has 0 N–H and O–H groups in total. The van der Waals surface area contributed by atoms with E-state index in [1.165, 1.54) is 4.90 Å². The summed E-state index contributed by atoms with van der Waals surface area (Å²) >= 11 is 0. The van der Waals surface area contributed by atoms with Crippen molar-refractivity contribution in [1.82, 2.24) is 14.5 Å². The largest absolute Gasteiger partial charge is 0.347 e. The highest BCUT2D eigenvalue weighted by atomic mass is 16.2. The van der Waals surface area contributed by atoms with E-state index < -0.39 is 0 Å². The van der Waals surface area contributed by atoms with Gasteiger partial charge in [-0.05, 0) is 42.3 Å². The van der Waals surface area contributed by atoms with Crippen LogP contribution in [0.4, 0.5) is 0 Å². The van der Waals surface area contributed by atoms with Crippen LogP contribution in [0, 0.1) is 0 Å². The van der Waals surface area contributed by atoms with Crippen molar-refractivity contribution < 1.29 is 4.79 Å². The lowest BCUT2D eigenvalue weighted by molar-refractivity contribution is 0.0826. The molecule has 2 heterocycles. The van der Waals surface area contributed by atoms with E-state index in [2.05, 4.69) is 4.98 Å². The number of benzene rings is 1. The van der Waals surface area contributed by atoms with Gasteiger partial charge in [-0.25, -0.2) is 0 Å². The molecule has 5 heteroatoms. The number of aromatic nitrogens is 2. The highest BCUT2D eigenvalue weighted by Gasteiger charge is 2.17. The predicted octanol–water partition coefficient (Wildman–Crippen LogP) is 2.79. The van der Waals surface area contributed by atoms with Gasteiger partial charge in [0.15, 0.2) is 0 Å². The van der Waals surface area contributed by atoms with Crippen molar-refractivity contribution in [3.05, 3.63) is 64.7 Å². The minimum atomic E-state index is -0.276. The number of amides is 1. The van der Waals surface area contributed by atoms with Gasteiger partial charge in [-0.15, -0.1) is 0 Å². The zero-order chi connectivity index (χ0) is 17.3. The fourth-order valence-corrected chi connectivity index (χ4v) is 2.77. The molecule has 1 aromatic carbocycles. The maximum atomic E-state index is 12.7. The number of nitrogens with zero attached hydrogens (tertiary/aromatic N) is 3. The fraction of sp³-hybridized carbons (Fsp3) is 0.211. The Hall–Kier alpha value is -2.95. The Morgan fingerprint density at radius 1 is 1.12 bits per heavy atom. The lowest BCUT2D eigenvalue weighted by Gasteiger charge is -2.15. The van der Waals surface area contributed by atoms with Crippen molar-refractivity contribution in [2.24, 2.45) is 0 Å².